The third-order valence-electron chi connectivity index (χ3n) is 3.11. The molecule has 0 spiro atoms. The highest BCUT2D eigenvalue weighted by Crippen LogP contribution is 2.21. The van der Waals surface area contributed by atoms with Crippen molar-refractivity contribution in [3.05, 3.63) is 54.7 Å². The summed E-state index contributed by atoms with van der Waals surface area (Å²) in [6.07, 6.45) is 4.95. The van der Waals surface area contributed by atoms with Gasteiger partial charge in [0, 0.05) is 24.0 Å². The van der Waals surface area contributed by atoms with Crippen LogP contribution in [0.2, 0.25) is 0 Å². The summed E-state index contributed by atoms with van der Waals surface area (Å²) >= 11 is 0. The molecule has 0 saturated carbocycles. The molecule has 0 saturated heterocycles. The minimum absolute atomic E-state index is 0.223. The molecule has 8 heteroatoms. The molecule has 0 unspecified atom stereocenters. The second-order valence-electron chi connectivity index (χ2n) is 4.88. The summed E-state index contributed by atoms with van der Waals surface area (Å²) in [6, 6.07) is 9.09. The summed E-state index contributed by atoms with van der Waals surface area (Å²) in [4.78, 5) is 23.4. The molecule has 0 aliphatic carbocycles. The van der Waals surface area contributed by atoms with Crippen LogP contribution in [-0.2, 0) is 11.3 Å². The molecule has 3 aromatic rings. The Hall–Kier alpha value is -3.42. The number of pyridine rings is 1. The SMILES string of the molecule is O=C(O)CNc1nc(NCc2ccco2)cc(-c2cccnc2)n1. The first-order valence-corrected chi connectivity index (χ1v) is 7.22. The van der Waals surface area contributed by atoms with E-state index in [0.29, 0.717) is 18.1 Å². The van der Waals surface area contributed by atoms with Gasteiger partial charge in [0.2, 0.25) is 5.95 Å². The van der Waals surface area contributed by atoms with Crippen molar-refractivity contribution in [3.8, 4) is 11.3 Å². The topological polar surface area (TPSA) is 113 Å². The maximum atomic E-state index is 10.7. The van der Waals surface area contributed by atoms with Gasteiger partial charge in [0.25, 0.3) is 0 Å². The number of carbonyl (C=O) groups is 1. The molecule has 0 atom stereocenters. The third kappa shape index (κ3) is 4.07. The molecular weight excluding hydrogens is 310 g/mol. The van der Waals surface area contributed by atoms with Gasteiger partial charge in [0.1, 0.15) is 18.1 Å². The summed E-state index contributed by atoms with van der Waals surface area (Å²) in [7, 11) is 0. The summed E-state index contributed by atoms with van der Waals surface area (Å²) in [5.41, 5.74) is 1.44. The molecule has 24 heavy (non-hydrogen) atoms. The minimum atomic E-state index is -0.990. The Labute approximate surface area is 137 Å². The van der Waals surface area contributed by atoms with Gasteiger partial charge in [-0.15, -0.1) is 0 Å². The number of aliphatic carboxylic acids is 1. The van der Waals surface area contributed by atoms with E-state index in [1.54, 1.807) is 36.9 Å². The molecule has 0 fully saturated rings. The van der Waals surface area contributed by atoms with E-state index in [1.807, 2.05) is 12.1 Å². The number of hydrogen-bond acceptors (Lipinski definition) is 7. The summed E-state index contributed by atoms with van der Waals surface area (Å²) in [5, 5.41) is 14.6. The monoisotopic (exact) mass is 325 g/mol. The standard InChI is InChI=1S/C16H15N5O3/c22-15(23)10-19-16-20-13(11-3-1-5-17-8-11)7-14(21-16)18-9-12-4-2-6-24-12/h1-8H,9-10H2,(H,22,23)(H2,18,19,20,21). The lowest BCUT2D eigenvalue weighted by Gasteiger charge is -2.10. The van der Waals surface area contributed by atoms with Crippen molar-refractivity contribution in [2.75, 3.05) is 17.2 Å². The predicted octanol–water partition coefficient (Wildman–Crippen LogP) is 2.24. The lowest BCUT2D eigenvalue weighted by atomic mass is 10.2. The summed E-state index contributed by atoms with van der Waals surface area (Å²) in [5.74, 6) is 0.543. The maximum absolute atomic E-state index is 10.7. The number of rotatable bonds is 7. The van der Waals surface area contributed by atoms with Crippen molar-refractivity contribution in [1.29, 1.82) is 0 Å². The Bertz CT molecular complexity index is 806. The number of carboxylic acids is 1. The number of nitrogens with zero attached hydrogens (tertiary/aromatic N) is 3. The van der Waals surface area contributed by atoms with E-state index < -0.39 is 5.97 Å². The van der Waals surface area contributed by atoms with Crippen LogP contribution < -0.4 is 10.6 Å². The Balaban J connectivity index is 1.85. The fourth-order valence-corrected chi connectivity index (χ4v) is 2.02. The van der Waals surface area contributed by atoms with E-state index in [0.717, 1.165) is 11.3 Å². The van der Waals surface area contributed by atoms with Crippen LogP contribution in [0.25, 0.3) is 11.3 Å². The molecular formula is C16H15N5O3. The molecule has 122 valence electrons. The van der Waals surface area contributed by atoms with Crippen LogP contribution in [0.4, 0.5) is 11.8 Å². The molecule has 3 N–H and O–H groups in total. The van der Waals surface area contributed by atoms with Crippen LogP contribution in [0.5, 0.6) is 0 Å². The Morgan fingerprint density at radius 3 is 2.83 bits per heavy atom. The van der Waals surface area contributed by atoms with Crippen molar-refractivity contribution in [2.24, 2.45) is 0 Å². The highest BCUT2D eigenvalue weighted by molar-refractivity contribution is 5.72. The molecule has 0 aromatic carbocycles. The van der Waals surface area contributed by atoms with Crippen LogP contribution in [0.15, 0.2) is 53.4 Å². The van der Waals surface area contributed by atoms with E-state index >= 15 is 0 Å². The van der Waals surface area contributed by atoms with E-state index in [-0.39, 0.29) is 12.5 Å². The van der Waals surface area contributed by atoms with Gasteiger partial charge in [-0.2, -0.15) is 4.98 Å². The van der Waals surface area contributed by atoms with E-state index in [4.69, 9.17) is 9.52 Å². The van der Waals surface area contributed by atoms with Crippen molar-refractivity contribution >= 4 is 17.7 Å². The first-order valence-electron chi connectivity index (χ1n) is 7.22. The van der Waals surface area contributed by atoms with Crippen LogP contribution in [0.1, 0.15) is 5.76 Å². The van der Waals surface area contributed by atoms with Crippen molar-refractivity contribution in [1.82, 2.24) is 15.0 Å². The largest absolute Gasteiger partial charge is 0.480 e. The number of aromatic nitrogens is 3. The van der Waals surface area contributed by atoms with E-state index in [1.165, 1.54) is 0 Å². The number of hydrogen-bond donors (Lipinski definition) is 3. The third-order valence-corrected chi connectivity index (χ3v) is 3.11. The number of carboxylic acid groups (broad SMARTS) is 1. The molecule has 0 aliphatic heterocycles. The lowest BCUT2D eigenvalue weighted by Crippen LogP contribution is -2.15. The van der Waals surface area contributed by atoms with Gasteiger partial charge in [-0.25, -0.2) is 4.98 Å². The van der Waals surface area contributed by atoms with Crippen molar-refractivity contribution < 1.29 is 14.3 Å². The van der Waals surface area contributed by atoms with Gasteiger partial charge >= 0.3 is 5.97 Å². The van der Waals surface area contributed by atoms with E-state index in [9.17, 15) is 4.79 Å². The molecule has 0 amide bonds. The summed E-state index contributed by atoms with van der Waals surface area (Å²) < 4.78 is 5.27. The number of nitrogens with one attached hydrogen (secondary N) is 2. The number of furan rings is 1. The zero-order valence-electron chi connectivity index (χ0n) is 12.6. The fourth-order valence-electron chi connectivity index (χ4n) is 2.02. The molecule has 0 aliphatic rings. The van der Waals surface area contributed by atoms with Gasteiger partial charge in [-0.3, -0.25) is 9.78 Å². The number of anilines is 2. The second-order valence-corrected chi connectivity index (χ2v) is 4.88. The molecule has 3 rings (SSSR count). The predicted molar refractivity (Wildman–Crippen MR) is 87.4 cm³/mol. The van der Waals surface area contributed by atoms with Crippen molar-refractivity contribution in [2.45, 2.75) is 6.54 Å². The quantitative estimate of drug-likeness (QED) is 0.606. The smallest absolute Gasteiger partial charge is 0.322 e. The van der Waals surface area contributed by atoms with Gasteiger partial charge in [-0.05, 0) is 24.3 Å². The van der Waals surface area contributed by atoms with Crippen LogP contribution in [0, 0.1) is 0 Å². The lowest BCUT2D eigenvalue weighted by molar-refractivity contribution is -0.134. The molecule has 8 nitrogen and oxygen atoms in total. The first kappa shape index (κ1) is 15.5. The summed E-state index contributed by atoms with van der Waals surface area (Å²) in [6.45, 7) is 0.184. The molecule has 3 aromatic heterocycles. The Morgan fingerprint density at radius 2 is 2.12 bits per heavy atom. The van der Waals surface area contributed by atoms with E-state index in [2.05, 4.69) is 25.6 Å². The minimum Gasteiger partial charge on any atom is -0.480 e. The normalized spacial score (nSPS) is 10.3. The fraction of sp³-hybridized carbons (Fsp3) is 0.125. The van der Waals surface area contributed by atoms with Crippen molar-refractivity contribution in [3.63, 3.8) is 0 Å². The van der Waals surface area contributed by atoms with Crippen LogP contribution >= 0.6 is 0 Å². The average Bonchev–Trinajstić information content (AvgIpc) is 3.12. The molecule has 0 radical (unpaired) electrons. The molecule has 3 heterocycles. The Morgan fingerprint density at radius 1 is 1.21 bits per heavy atom. The Kier molecular flexibility index (Phi) is 4.66. The maximum Gasteiger partial charge on any atom is 0.322 e. The van der Waals surface area contributed by atoms with Gasteiger partial charge in [0.05, 0.1) is 18.5 Å². The van der Waals surface area contributed by atoms with Crippen LogP contribution in [0.3, 0.4) is 0 Å². The van der Waals surface area contributed by atoms with Gasteiger partial charge < -0.3 is 20.2 Å². The van der Waals surface area contributed by atoms with Gasteiger partial charge in [-0.1, -0.05) is 0 Å². The zero-order chi connectivity index (χ0) is 16.8. The highest BCUT2D eigenvalue weighted by Gasteiger charge is 2.08. The first-order chi connectivity index (χ1) is 11.7. The van der Waals surface area contributed by atoms with Gasteiger partial charge in [0.15, 0.2) is 0 Å². The highest BCUT2D eigenvalue weighted by atomic mass is 16.4. The average molecular weight is 325 g/mol. The van der Waals surface area contributed by atoms with Crippen LogP contribution in [-0.4, -0.2) is 32.6 Å². The second kappa shape index (κ2) is 7.23. The zero-order valence-corrected chi connectivity index (χ0v) is 12.6. The molecule has 0 bridgehead atoms.